The first kappa shape index (κ1) is 22.1. The van der Waals surface area contributed by atoms with E-state index in [1.165, 1.54) is 7.11 Å². The van der Waals surface area contributed by atoms with E-state index in [1.54, 1.807) is 39.1 Å². The molecule has 164 valence electrons. The van der Waals surface area contributed by atoms with Crippen molar-refractivity contribution >= 4 is 28.6 Å². The highest BCUT2D eigenvalue weighted by Crippen LogP contribution is 2.23. The summed E-state index contributed by atoms with van der Waals surface area (Å²) >= 11 is 0. The van der Waals surface area contributed by atoms with E-state index in [1.807, 2.05) is 42.1 Å². The average Bonchev–Trinajstić information content (AvgIpc) is 3.02. The molecular weight excluding hydrogens is 396 g/mol. The van der Waals surface area contributed by atoms with Crippen LogP contribution in [0.2, 0.25) is 0 Å². The summed E-state index contributed by atoms with van der Waals surface area (Å²) in [5, 5.41) is 6.53. The Balaban J connectivity index is 1.88. The fourth-order valence-corrected chi connectivity index (χ4v) is 3.34. The van der Waals surface area contributed by atoms with Gasteiger partial charge in [-0.3, -0.25) is 4.79 Å². The number of methoxy groups -OCH3 is 1. The highest BCUT2D eigenvalue weighted by atomic mass is 16.6. The number of hydrogen-bond donors (Lipinski definition) is 2. The van der Waals surface area contributed by atoms with Crippen molar-refractivity contribution < 1.29 is 19.1 Å². The van der Waals surface area contributed by atoms with Gasteiger partial charge in [0.25, 0.3) is 0 Å². The summed E-state index contributed by atoms with van der Waals surface area (Å²) in [4.78, 5) is 29.7. The Morgan fingerprint density at radius 3 is 2.61 bits per heavy atom. The lowest BCUT2D eigenvalue weighted by Gasteiger charge is -2.23. The number of para-hydroxylation sites is 1. The molecule has 0 aliphatic rings. The highest BCUT2D eigenvalue weighted by Gasteiger charge is 2.26. The highest BCUT2D eigenvalue weighted by molar-refractivity contribution is 5.98. The van der Waals surface area contributed by atoms with Gasteiger partial charge in [0.05, 0.1) is 7.11 Å². The number of aromatic nitrogens is 2. The number of fused-ring (bicyclic) bond motifs is 1. The monoisotopic (exact) mass is 424 g/mol. The Labute approximate surface area is 181 Å². The number of anilines is 1. The minimum Gasteiger partial charge on any atom is -0.480 e. The van der Waals surface area contributed by atoms with Crippen LogP contribution in [-0.2, 0) is 23.0 Å². The molecule has 0 saturated heterocycles. The van der Waals surface area contributed by atoms with Crippen molar-refractivity contribution in [3.63, 3.8) is 0 Å². The number of ether oxygens (including phenoxy) is 2. The Morgan fingerprint density at radius 1 is 1.16 bits per heavy atom. The molecule has 0 fully saturated rings. The van der Waals surface area contributed by atoms with E-state index in [9.17, 15) is 9.59 Å². The third-order valence-electron chi connectivity index (χ3n) is 4.63. The van der Waals surface area contributed by atoms with Crippen LogP contribution in [0.4, 0.5) is 10.5 Å². The summed E-state index contributed by atoms with van der Waals surface area (Å²) in [6.45, 7) is 5.31. The molecule has 1 atom stereocenters. The number of amides is 2. The zero-order valence-corrected chi connectivity index (χ0v) is 18.4. The summed E-state index contributed by atoms with van der Waals surface area (Å²) < 4.78 is 12.6. The van der Waals surface area contributed by atoms with Gasteiger partial charge in [-0.15, -0.1) is 0 Å². The van der Waals surface area contributed by atoms with Crippen LogP contribution >= 0.6 is 0 Å². The first-order valence-corrected chi connectivity index (χ1v) is 10.0. The number of carbonyl (C=O) groups is 2. The third kappa shape index (κ3) is 5.53. The number of carbonyl (C=O) groups excluding carboxylic acids is 2. The number of alkyl carbamates (subject to hydrolysis) is 1. The first-order chi connectivity index (χ1) is 14.7. The van der Waals surface area contributed by atoms with Crippen LogP contribution in [0.5, 0.6) is 5.88 Å². The van der Waals surface area contributed by atoms with Gasteiger partial charge in [-0.05, 0) is 44.5 Å². The second-order valence-corrected chi connectivity index (χ2v) is 8.23. The fourth-order valence-electron chi connectivity index (χ4n) is 3.34. The van der Waals surface area contributed by atoms with E-state index >= 15 is 0 Å². The number of benzene rings is 1. The minimum absolute atomic E-state index is 0.287. The summed E-state index contributed by atoms with van der Waals surface area (Å²) in [5.41, 5.74) is 1.72. The van der Waals surface area contributed by atoms with Crippen LogP contribution in [0.25, 0.3) is 10.9 Å². The van der Waals surface area contributed by atoms with Gasteiger partial charge in [0.1, 0.15) is 17.3 Å². The Kier molecular flexibility index (Phi) is 6.48. The molecule has 0 radical (unpaired) electrons. The third-order valence-corrected chi connectivity index (χ3v) is 4.63. The maximum absolute atomic E-state index is 13.2. The van der Waals surface area contributed by atoms with E-state index in [0.29, 0.717) is 5.69 Å². The summed E-state index contributed by atoms with van der Waals surface area (Å²) in [5.74, 6) is -0.109. The maximum atomic E-state index is 13.2. The molecule has 2 aromatic heterocycles. The lowest BCUT2D eigenvalue weighted by atomic mass is 10.0. The minimum atomic E-state index is -0.870. The maximum Gasteiger partial charge on any atom is 0.408 e. The molecule has 1 unspecified atom stereocenters. The van der Waals surface area contributed by atoms with Crippen molar-refractivity contribution in [2.45, 2.75) is 38.8 Å². The predicted molar refractivity (Wildman–Crippen MR) is 119 cm³/mol. The normalized spacial score (nSPS) is 12.3. The van der Waals surface area contributed by atoms with E-state index in [2.05, 4.69) is 15.6 Å². The molecule has 3 rings (SSSR count). The molecule has 0 spiro atoms. The van der Waals surface area contributed by atoms with Gasteiger partial charge in [0.2, 0.25) is 11.8 Å². The van der Waals surface area contributed by atoms with E-state index in [-0.39, 0.29) is 12.3 Å². The van der Waals surface area contributed by atoms with E-state index in [4.69, 9.17) is 9.47 Å². The molecule has 0 aliphatic heterocycles. The van der Waals surface area contributed by atoms with Crippen LogP contribution in [0.15, 0.2) is 48.8 Å². The molecule has 2 N–H and O–H groups in total. The van der Waals surface area contributed by atoms with Crippen LogP contribution in [0, 0.1) is 0 Å². The molecule has 8 heteroatoms. The topological polar surface area (TPSA) is 94.5 Å². The lowest BCUT2D eigenvalue weighted by molar-refractivity contribution is -0.118. The standard InChI is InChI=1S/C23H28N4O4/c1-23(2,3)31-22(29)26-18(20(28)25-17-10-8-12-24-21(17)30-5)13-15-14-27(4)19-11-7-6-9-16(15)19/h6-12,14,18H,13H2,1-5H3,(H,25,28)(H,26,29). The van der Waals surface area contributed by atoms with Crippen LogP contribution in [0.1, 0.15) is 26.3 Å². The number of hydrogen-bond acceptors (Lipinski definition) is 5. The molecule has 0 aliphatic carbocycles. The Morgan fingerprint density at radius 2 is 1.90 bits per heavy atom. The van der Waals surface area contributed by atoms with Crippen LogP contribution < -0.4 is 15.4 Å². The van der Waals surface area contributed by atoms with Gasteiger partial charge >= 0.3 is 6.09 Å². The van der Waals surface area contributed by atoms with Crippen molar-refractivity contribution in [2.75, 3.05) is 12.4 Å². The van der Waals surface area contributed by atoms with Crippen molar-refractivity contribution in [3.8, 4) is 5.88 Å². The number of pyridine rings is 1. The van der Waals surface area contributed by atoms with Gasteiger partial charge in [0, 0.05) is 36.8 Å². The van der Waals surface area contributed by atoms with Gasteiger partial charge in [-0.2, -0.15) is 0 Å². The van der Waals surface area contributed by atoms with Gasteiger partial charge in [-0.1, -0.05) is 18.2 Å². The lowest BCUT2D eigenvalue weighted by Crippen LogP contribution is -2.47. The fraction of sp³-hybridized carbons (Fsp3) is 0.348. The van der Waals surface area contributed by atoms with Gasteiger partial charge in [0.15, 0.2) is 0 Å². The van der Waals surface area contributed by atoms with E-state index in [0.717, 1.165) is 16.5 Å². The zero-order valence-electron chi connectivity index (χ0n) is 18.4. The molecule has 0 bridgehead atoms. The van der Waals surface area contributed by atoms with Crippen molar-refractivity contribution in [1.29, 1.82) is 0 Å². The number of aryl methyl sites for hydroxylation is 1. The first-order valence-electron chi connectivity index (χ1n) is 10.0. The van der Waals surface area contributed by atoms with Crippen molar-refractivity contribution in [3.05, 3.63) is 54.4 Å². The Hall–Kier alpha value is -3.55. The zero-order chi connectivity index (χ0) is 22.6. The summed E-state index contributed by atoms with van der Waals surface area (Å²) in [7, 11) is 3.42. The van der Waals surface area contributed by atoms with Crippen LogP contribution in [0.3, 0.4) is 0 Å². The molecule has 0 saturated carbocycles. The second kappa shape index (κ2) is 9.07. The predicted octanol–water partition coefficient (Wildman–Crippen LogP) is 3.66. The Bertz CT molecular complexity index is 1080. The number of rotatable bonds is 6. The van der Waals surface area contributed by atoms with Gasteiger partial charge in [-0.25, -0.2) is 9.78 Å². The number of nitrogens with one attached hydrogen (secondary N) is 2. The molecule has 1 aromatic carbocycles. The molecule has 31 heavy (non-hydrogen) atoms. The largest absolute Gasteiger partial charge is 0.480 e. The molecule has 2 amide bonds. The summed E-state index contributed by atoms with van der Waals surface area (Å²) in [6.07, 6.45) is 3.16. The molecular formula is C23H28N4O4. The van der Waals surface area contributed by atoms with E-state index < -0.39 is 23.6 Å². The average molecular weight is 425 g/mol. The molecule has 2 heterocycles. The summed E-state index contributed by atoms with van der Waals surface area (Å²) in [6, 6.07) is 10.4. The quantitative estimate of drug-likeness (QED) is 0.630. The van der Waals surface area contributed by atoms with Gasteiger partial charge < -0.3 is 24.7 Å². The van der Waals surface area contributed by atoms with Crippen LogP contribution in [-0.4, -0.2) is 40.3 Å². The smallest absolute Gasteiger partial charge is 0.408 e. The SMILES string of the molecule is COc1ncccc1NC(=O)C(Cc1cn(C)c2ccccc12)NC(=O)OC(C)(C)C. The van der Waals surface area contributed by atoms with Crippen molar-refractivity contribution in [1.82, 2.24) is 14.9 Å². The number of nitrogens with zero attached hydrogens (tertiary/aromatic N) is 2. The molecule has 8 nitrogen and oxygen atoms in total. The second-order valence-electron chi connectivity index (χ2n) is 8.23. The van der Waals surface area contributed by atoms with Crippen molar-refractivity contribution in [2.24, 2.45) is 7.05 Å². The molecule has 3 aromatic rings.